The molecule has 2 aliphatic rings. The number of carbonyl (C=O) groups excluding carboxylic acids is 4. The van der Waals surface area contributed by atoms with Crippen molar-refractivity contribution in [2.75, 3.05) is 11.4 Å². The summed E-state index contributed by atoms with van der Waals surface area (Å²) in [6.45, 7) is -1.48. The van der Waals surface area contributed by atoms with Crippen LogP contribution in [0.25, 0.3) is 11.3 Å². The minimum absolute atomic E-state index is 0.0627. The molecule has 0 spiro atoms. The van der Waals surface area contributed by atoms with E-state index in [1.54, 1.807) is 35.6 Å². The van der Waals surface area contributed by atoms with Crippen LogP contribution in [0, 0.1) is 11.8 Å². The van der Waals surface area contributed by atoms with Crippen LogP contribution in [0.3, 0.4) is 0 Å². The molecular weight excluding hydrogens is 527 g/mol. The number of nitrogens with one attached hydrogen (secondary N) is 1. The molecule has 1 aliphatic heterocycles. The summed E-state index contributed by atoms with van der Waals surface area (Å²) >= 11 is 0. The van der Waals surface area contributed by atoms with Gasteiger partial charge in [0, 0.05) is 28.4 Å². The van der Waals surface area contributed by atoms with Crippen molar-refractivity contribution >= 4 is 29.1 Å². The zero-order chi connectivity index (χ0) is 28.4. The van der Waals surface area contributed by atoms with Gasteiger partial charge in [0.1, 0.15) is 24.4 Å². The van der Waals surface area contributed by atoms with Gasteiger partial charge in [-0.25, -0.2) is 0 Å². The lowest BCUT2D eigenvalue weighted by molar-refractivity contribution is -0.135. The van der Waals surface area contributed by atoms with Gasteiger partial charge < -0.3 is 14.7 Å². The summed E-state index contributed by atoms with van der Waals surface area (Å²) in [5, 5.41) is 5.69. The Bertz CT molecular complexity index is 1400. The monoisotopic (exact) mass is 553 g/mol. The zero-order valence-corrected chi connectivity index (χ0v) is 21.3. The molecule has 8 nitrogen and oxygen atoms in total. The first-order valence-electron chi connectivity index (χ1n) is 13.0. The highest BCUT2D eigenvalue weighted by Crippen LogP contribution is 2.41. The highest BCUT2D eigenvalue weighted by molar-refractivity contribution is 6.49. The molecule has 3 aromatic rings. The van der Waals surface area contributed by atoms with Gasteiger partial charge in [-0.3, -0.25) is 19.2 Å². The molecule has 2 fully saturated rings. The van der Waals surface area contributed by atoms with Crippen molar-refractivity contribution < 1.29 is 36.9 Å². The second kappa shape index (κ2) is 11.1. The van der Waals surface area contributed by atoms with E-state index in [0.29, 0.717) is 11.4 Å². The molecule has 2 amide bonds. The average molecular weight is 554 g/mol. The lowest BCUT2D eigenvalue weighted by atomic mass is 9.76. The summed E-state index contributed by atoms with van der Waals surface area (Å²) in [6.07, 6.45) is 1.30. The number of anilines is 1. The molecule has 1 saturated heterocycles. The number of aromatic nitrogens is 1. The second-order valence-electron chi connectivity index (χ2n) is 10.1. The molecule has 2 aromatic carbocycles. The molecule has 1 N–H and O–H groups in total. The van der Waals surface area contributed by atoms with Gasteiger partial charge in [-0.1, -0.05) is 48.7 Å². The maximum Gasteiger partial charge on any atom is 0.405 e. The fourth-order valence-corrected chi connectivity index (χ4v) is 5.62. The predicted molar refractivity (Wildman–Crippen MR) is 137 cm³/mol. The fraction of sp³-hybridized carbons (Fsp3) is 0.345. The van der Waals surface area contributed by atoms with Gasteiger partial charge in [0.25, 0.3) is 11.8 Å². The van der Waals surface area contributed by atoms with Gasteiger partial charge in [-0.05, 0) is 43.0 Å². The lowest BCUT2D eigenvalue weighted by Gasteiger charge is -2.35. The number of alkyl halides is 3. The first-order chi connectivity index (χ1) is 19.1. The Morgan fingerprint density at radius 1 is 0.925 bits per heavy atom. The van der Waals surface area contributed by atoms with Crippen LogP contribution in [-0.2, 0) is 9.59 Å². The van der Waals surface area contributed by atoms with E-state index in [4.69, 9.17) is 4.52 Å². The Morgan fingerprint density at radius 3 is 2.17 bits per heavy atom. The molecule has 208 valence electrons. The van der Waals surface area contributed by atoms with E-state index in [-0.39, 0.29) is 17.0 Å². The van der Waals surface area contributed by atoms with Crippen molar-refractivity contribution in [2.24, 2.45) is 11.8 Å². The number of halogens is 3. The van der Waals surface area contributed by atoms with Crippen LogP contribution in [0.15, 0.2) is 65.4 Å². The molecule has 11 heteroatoms. The van der Waals surface area contributed by atoms with Crippen molar-refractivity contribution in [3.8, 4) is 11.3 Å². The smallest absolute Gasteiger partial charge is 0.364 e. The molecule has 2 atom stereocenters. The molecule has 0 bridgehead atoms. The third kappa shape index (κ3) is 5.54. The van der Waals surface area contributed by atoms with Gasteiger partial charge in [0.2, 0.25) is 5.78 Å². The van der Waals surface area contributed by atoms with E-state index < -0.39 is 48.1 Å². The number of carbonyl (C=O) groups is 4. The highest BCUT2D eigenvalue weighted by atomic mass is 19.4. The van der Waals surface area contributed by atoms with Crippen LogP contribution < -0.4 is 10.2 Å². The van der Waals surface area contributed by atoms with Crippen LogP contribution >= 0.6 is 0 Å². The van der Waals surface area contributed by atoms with Crippen molar-refractivity contribution in [1.29, 1.82) is 0 Å². The highest BCUT2D eigenvalue weighted by Gasteiger charge is 2.54. The van der Waals surface area contributed by atoms with Gasteiger partial charge in [0.05, 0.1) is 6.04 Å². The molecule has 2 unspecified atom stereocenters. The normalized spacial score (nSPS) is 20.1. The lowest BCUT2D eigenvalue weighted by Crippen LogP contribution is -2.44. The molecular formula is C29H26F3N3O5. The van der Waals surface area contributed by atoms with E-state index in [2.05, 4.69) is 5.16 Å². The van der Waals surface area contributed by atoms with Crippen LogP contribution in [0.1, 0.15) is 52.8 Å². The number of hydrogen-bond acceptors (Lipinski definition) is 6. The first kappa shape index (κ1) is 27.3. The third-order valence-corrected chi connectivity index (χ3v) is 7.53. The fourth-order valence-electron chi connectivity index (χ4n) is 5.62. The maximum absolute atomic E-state index is 13.7. The summed E-state index contributed by atoms with van der Waals surface area (Å²) in [5.41, 5.74) is 1.91. The third-order valence-electron chi connectivity index (χ3n) is 7.53. The molecule has 1 saturated carbocycles. The molecule has 1 aromatic heterocycles. The Morgan fingerprint density at radius 2 is 1.57 bits per heavy atom. The predicted octanol–water partition coefficient (Wildman–Crippen LogP) is 5.00. The maximum atomic E-state index is 13.7. The van der Waals surface area contributed by atoms with Crippen molar-refractivity contribution in [2.45, 2.75) is 44.3 Å². The molecule has 2 heterocycles. The standard InChI is InChI=1S/C29H26F3N3O5/c30-29(31,32)16-33-27(38)20-8-6-19(7-9-20)25(36)23-24(18-4-2-1-3-5-18)35(28(39)26(23)37)21-12-10-17(11-13-21)22-14-15-40-34-22/h6-15,18,23-24H,1-5,16H2,(H,33,38). The summed E-state index contributed by atoms with van der Waals surface area (Å²) in [7, 11) is 0. The second-order valence-corrected chi connectivity index (χ2v) is 10.1. The molecule has 0 radical (unpaired) electrons. The van der Waals surface area contributed by atoms with E-state index in [0.717, 1.165) is 37.7 Å². The largest absolute Gasteiger partial charge is 0.405 e. The Balaban J connectivity index is 1.42. The average Bonchev–Trinajstić information content (AvgIpc) is 3.59. The van der Waals surface area contributed by atoms with E-state index >= 15 is 0 Å². The van der Waals surface area contributed by atoms with Crippen LogP contribution in [-0.4, -0.2) is 47.3 Å². The molecule has 1 aliphatic carbocycles. The SMILES string of the molecule is O=C(NCC(F)(F)F)c1ccc(C(=O)C2C(=O)C(=O)N(c3ccc(-c4ccon4)cc3)C2C2CCCCC2)cc1. The van der Waals surface area contributed by atoms with Gasteiger partial charge in [-0.2, -0.15) is 13.2 Å². The van der Waals surface area contributed by atoms with Crippen LogP contribution in [0.4, 0.5) is 18.9 Å². The number of benzene rings is 2. The summed E-state index contributed by atoms with van der Waals surface area (Å²) < 4.78 is 42.2. The number of nitrogens with zero attached hydrogens (tertiary/aromatic N) is 2. The number of hydrogen-bond donors (Lipinski definition) is 1. The van der Waals surface area contributed by atoms with E-state index in [9.17, 15) is 32.3 Å². The summed E-state index contributed by atoms with van der Waals surface area (Å²) in [6, 6.07) is 13.0. The topological polar surface area (TPSA) is 110 Å². The van der Waals surface area contributed by atoms with Crippen molar-refractivity contribution in [3.05, 3.63) is 72.0 Å². The van der Waals surface area contributed by atoms with Crippen molar-refractivity contribution in [1.82, 2.24) is 10.5 Å². The Labute approximate surface area is 227 Å². The number of rotatable bonds is 7. The van der Waals surface area contributed by atoms with Crippen LogP contribution in [0.2, 0.25) is 0 Å². The first-order valence-corrected chi connectivity index (χ1v) is 13.0. The van der Waals surface area contributed by atoms with E-state index in [1.807, 2.05) is 0 Å². The minimum atomic E-state index is -4.56. The quantitative estimate of drug-likeness (QED) is 0.251. The van der Waals surface area contributed by atoms with Gasteiger partial charge >= 0.3 is 6.18 Å². The molecule has 40 heavy (non-hydrogen) atoms. The molecule has 5 rings (SSSR count). The Hall–Kier alpha value is -4.28. The van der Waals surface area contributed by atoms with E-state index in [1.165, 1.54) is 35.4 Å². The van der Waals surface area contributed by atoms with Crippen LogP contribution in [0.5, 0.6) is 0 Å². The number of amides is 2. The van der Waals surface area contributed by atoms with Gasteiger partial charge in [-0.15, -0.1) is 0 Å². The van der Waals surface area contributed by atoms with Crippen molar-refractivity contribution in [3.63, 3.8) is 0 Å². The number of ketones is 2. The summed E-state index contributed by atoms with van der Waals surface area (Å²) in [4.78, 5) is 53.9. The summed E-state index contributed by atoms with van der Waals surface area (Å²) in [5.74, 6) is -4.36. The Kier molecular flexibility index (Phi) is 7.55. The zero-order valence-electron chi connectivity index (χ0n) is 21.3. The number of Topliss-reactive ketones (excluding diaryl/α,β-unsaturated/α-hetero) is 2. The van der Waals surface area contributed by atoms with Gasteiger partial charge in [0.15, 0.2) is 5.78 Å². The minimum Gasteiger partial charge on any atom is -0.364 e.